The fourth-order valence-corrected chi connectivity index (χ4v) is 2.30. The summed E-state index contributed by atoms with van der Waals surface area (Å²) in [5.41, 5.74) is 0.489. The van der Waals surface area contributed by atoms with Crippen molar-refractivity contribution < 1.29 is 14.3 Å². The first kappa shape index (κ1) is 13.6. The third-order valence-electron chi connectivity index (χ3n) is 3.69. The van der Waals surface area contributed by atoms with E-state index in [4.69, 9.17) is 4.74 Å². The summed E-state index contributed by atoms with van der Waals surface area (Å²) in [7, 11) is 0. The summed E-state index contributed by atoms with van der Waals surface area (Å²) in [4.78, 5) is 23.0. The molecule has 1 saturated carbocycles. The molecule has 0 radical (unpaired) electrons. The zero-order valence-corrected chi connectivity index (χ0v) is 11.7. The van der Waals surface area contributed by atoms with E-state index < -0.39 is 0 Å². The minimum atomic E-state index is -0.146. The molecule has 2 aromatic rings. The van der Waals surface area contributed by atoms with Gasteiger partial charge in [-0.05, 0) is 35.6 Å². The van der Waals surface area contributed by atoms with Crippen LogP contribution in [0.15, 0.2) is 36.4 Å². The van der Waals surface area contributed by atoms with Gasteiger partial charge in [0.2, 0.25) is 0 Å². The lowest BCUT2D eigenvalue weighted by Gasteiger charge is -2.10. The molecule has 1 aliphatic rings. The van der Waals surface area contributed by atoms with E-state index in [2.05, 4.69) is 5.32 Å². The highest BCUT2D eigenvalue weighted by atomic mass is 16.5. The second-order valence-corrected chi connectivity index (χ2v) is 5.35. The number of carbonyl (C=O) groups is 2. The predicted molar refractivity (Wildman–Crippen MR) is 80.6 cm³/mol. The Kier molecular flexibility index (Phi) is 3.86. The molecular weight excluding hydrogens is 266 g/mol. The maximum atomic E-state index is 11.7. The van der Waals surface area contributed by atoms with Gasteiger partial charge in [-0.15, -0.1) is 0 Å². The summed E-state index contributed by atoms with van der Waals surface area (Å²) < 4.78 is 5.51. The van der Waals surface area contributed by atoms with Crippen molar-refractivity contribution >= 4 is 23.0 Å². The molecule has 0 unspecified atom stereocenters. The van der Waals surface area contributed by atoms with E-state index in [1.54, 1.807) is 6.07 Å². The van der Waals surface area contributed by atoms with Gasteiger partial charge in [-0.2, -0.15) is 0 Å². The standard InChI is InChI=1S/C17H17NO3/c19-10-15-14-4-2-1-3-13(14)7-8-16(15)21-11-17(20)18-9-12-5-6-12/h1-4,7-8,10,12H,5-6,9,11H2,(H,18,20). The Bertz CT molecular complexity index is 677. The Balaban J connectivity index is 1.70. The normalized spacial score (nSPS) is 13.9. The lowest BCUT2D eigenvalue weighted by Crippen LogP contribution is -2.30. The molecule has 4 heteroatoms. The number of aldehydes is 1. The molecule has 2 aromatic carbocycles. The van der Waals surface area contributed by atoms with Crippen LogP contribution in [0, 0.1) is 5.92 Å². The van der Waals surface area contributed by atoms with Gasteiger partial charge in [0.05, 0.1) is 5.56 Å². The van der Waals surface area contributed by atoms with Gasteiger partial charge < -0.3 is 10.1 Å². The van der Waals surface area contributed by atoms with Crippen LogP contribution in [0.3, 0.4) is 0 Å². The summed E-state index contributed by atoms with van der Waals surface area (Å²) in [6.45, 7) is 0.659. The molecule has 0 heterocycles. The van der Waals surface area contributed by atoms with Crippen LogP contribution in [-0.2, 0) is 4.79 Å². The van der Waals surface area contributed by atoms with E-state index in [1.807, 2.05) is 30.3 Å². The minimum Gasteiger partial charge on any atom is -0.483 e. The lowest BCUT2D eigenvalue weighted by atomic mass is 10.0. The average Bonchev–Trinajstić information content (AvgIpc) is 3.34. The molecule has 108 valence electrons. The van der Waals surface area contributed by atoms with Crippen LogP contribution in [0.1, 0.15) is 23.2 Å². The van der Waals surface area contributed by atoms with E-state index in [1.165, 1.54) is 12.8 Å². The van der Waals surface area contributed by atoms with Crippen LogP contribution in [-0.4, -0.2) is 25.3 Å². The Morgan fingerprint density at radius 3 is 2.81 bits per heavy atom. The van der Waals surface area contributed by atoms with Gasteiger partial charge in [-0.3, -0.25) is 9.59 Å². The molecule has 0 bridgehead atoms. The van der Waals surface area contributed by atoms with E-state index >= 15 is 0 Å². The fourth-order valence-electron chi connectivity index (χ4n) is 2.30. The van der Waals surface area contributed by atoms with Gasteiger partial charge in [0.25, 0.3) is 5.91 Å². The van der Waals surface area contributed by atoms with Gasteiger partial charge in [0.1, 0.15) is 5.75 Å². The number of amides is 1. The topological polar surface area (TPSA) is 55.4 Å². The molecule has 4 nitrogen and oxygen atoms in total. The van der Waals surface area contributed by atoms with Gasteiger partial charge in [-0.25, -0.2) is 0 Å². The van der Waals surface area contributed by atoms with Crippen molar-refractivity contribution in [2.45, 2.75) is 12.8 Å². The third kappa shape index (κ3) is 3.21. The molecule has 1 N–H and O–H groups in total. The van der Waals surface area contributed by atoms with Crippen molar-refractivity contribution in [2.75, 3.05) is 13.2 Å². The zero-order chi connectivity index (χ0) is 14.7. The fraction of sp³-hybridized carbons (Fsp3) is 0.294. The smallest absolute Gasteiger partial charge is 0.257 e. The predicted octanol–water partition coefficient (Wildman–Crippen LogP) is 2.56. The van der Waals surface area contributed by atoms with Crippen LogP contribution < -0.4 is 10.1 Å². The van der Waals surface area contributed by atoms with Crippen LogP contribution in [0.2, 0.25) is 0 Å². The van der Waals surface area contributed by atoms with Crippen molar-refractivity contribution in [1.29, 1.82) is 0 Å². The van der Waals surface area contributed by atoms with Gasteiger partial charge in [0.15, 0.2) is 12.9 Å². The molecule has 0 spiro atoms. The van der Waals surface area contributed by atoms with Crippen LogP contribution in [0.5, 0.6) is 5.75 Å². The summed E-state index contributed by atoms with van der Waals surface area (Å²) in [6.07, 6.45) is 3.17. The SMILES string of the molecule is O=Cc1c(OCC(=O)NCC2CC2)ccc2ccccc12. The first-order valence-corrected chi connectivity index (χ1v) is 7.14. The quantitative estimate of drug-likeness (QED) is 0.829. The van der Waals surface area contributed by atoms with Crippen LogP contribution in [0.4, 0.5) is 0 Å². The molecule has 1 fully saturated rings. The summed E-state index contributed by atoms with van der Waals surface area (Å²) in [6, 6.07) is 11.2. The number of nitrogens with one attached hydrogen (secondary N) is 1. The van der Waals surface area contributed by atoms with Gasteiger partial charge >= 0.3 is 0 Å². The van der Waals surface area contributed by atoms with Crippen LogP contribution >= 0.6 is 0 Å². The second-order valence-electron chi connectivity index (χ2n) is 5.35. The Labute approximate surface area is 123 Å². The number of carbonyl (C=O) groups excluding carboxylic acids is 2. The van der Waals surface area contributed by atoms with Gasteiger partial charge in [0, 0.05) is 6.54 Å². The summed E-state index contributed by atoms with van der Waals surface area (Å²) in [5.74, 6) is 0.942. The molecule has 21 heavy (non-hydrogen) atoms. The molecule has 1 amide bonds. The Morgan fingerprint density at radius 1 is 1.24 bits per heavy atom. The van der Waals surface area contributed by atoms with Gasteiger partial charge in [-0.1, -0.05) is 30.3 Å². The summed E-state index contributed by atoms with van der Waals surface area (Å²) >= 11 is 0. The van der Waals surface area contributed by atoms with E-state index in [9.17, 15) is 9.59 Å². The number of fused-ring (bicyclic) bond motifs is 1. The van der Waals surface area contributed by atoms with Crippen LogP contribution in [0.25, 0.3) is 10.8 Å². The Morgan fingerprint density at radius 2 is 2.05 bits per heavy atom. The molecule has 0 aliphatic heterocycles. The molecule has 0 aromatic heterocycles. The molecule has 0 atom stereocenters. The highest BCUT2D eigenvalue weighted by Crippen LogP contribution is 2.28. The van der Waals surface area contributed by atoms with Crippen molar-refractivity contribution in [2.24, 2.45) is 5.92 Å². The largest absolute Gasteiger partial charge is 0.483 e. The monoisotopic (exact) mass is 283 g/mol. The van der Waals surface area contributed by atoms with Crippen molar-refractivity contribution in [3.05, 3.63) is 42.0 Å². The van der Waals surface area contributed by atoms with E-state index in [0.717, 1.165) is 23.6 Å². The maximum absolute atomic E-state index is 11.7. The molecule has 1 aliphatic carbocycles. The van der Waals surface area contributed by atoms with Crippen molar-refractivity contribution in [3.8, 4) is 5.75 Å². The Hall–Kier alpha value is -2.36. The zero-order valence-electron chi connectivity index (χ0n) is 11.7. The van der Waals surface area contributed by atoms with E-state index in [0.29, 0.717) is 17.2 Å². The third-order valence-corrected chi connectivity index (χ3v) is 3.69. The number of hydrogen-bond acceptors (Lipinski definition) is 3. The number of benzene rings is 2. The summed E-state index contributed by atoms with van der Waals surface area (Å²) in [5, 5.41) is 4.65. The van der Waals surface area contributed by atoms with Crippen molar-refractivity contribution in [3.63, 3.8) is 0 Å². The average molecular weight is 283 g/mol. The highest BCUT2D eigenvalue weighted by molar-refractivity contribution is 6.00. The minimum absolute atomic E-state index is 0.0636. The molecule has 0 saturated heterocycles. The second kappa shape index (κ2) is 5.95. The highest BCUT2D eigenvalue weighted by Gasteiger charge is 2.21. The number of rotatable bonds is 6. The first-order valence-electron chi connectivity index (χ1n) is 7.14. The maximum Gasteiger partial charge on any atom is 0.257 e. The number of ether oxygens (including phenoxy) is 1. The first-order chi connectivity index (χ1) is 10.3. The number of hydrogen-bond donors (Lipinski definition) is 1. The molecular formula is C17H17NO3. The lowest BCUT2D eigenvalue weighted by molar-refractivity contribution is -0.123. The molecule has 3 rings (SSSR count). The van der Waals surface area contributed by atoms with E-state index in [-0.39, 0.29) is 12.5 Å². The van der Waals surface area contributed by atoms with Crippen molar-refractivity contribution in [1.82, 2.24) is 5.32 Å².